The van der Waals surface area contributed by atoms with Gasteiger partial charge in [0.15, 0.2) is 11.9 Å². The van der Waals surface area contributed by atoms with Gasteiger partial charge in [0.2, 0.25) is 0 Å². The molecule has 5 nitrogen and oxygen atoms in total. The molecule has 1 aliphatic rings. The third kappa shape index (κ3) is 2.45. The Morgan fingerprint density at radius 3 is 2.71 bits per heavy atom. The second-order valence-corrected chi connectivity index (χ2v) is 5.65. The van der Waals surface area contributed by atoms with Crippen molar-refractivity contribution in [3.8, 4) is 5.75 Å². The van der Waals surface area contributed by atoms with E-state index in [0.29, 0.717) is 17.6 Å². The number of nitrogen functional groups attached to an aromatic ring is 1. The Labute approximate surface area is 124 Å². The Bertz CT molecular complexity index is 644. The molecule has 1 aliphatic heterocycles. The zero-order valence-electron chi connectivity index (χ0n) is 12.6. The predicted molar refractivity (Wildman–Crippen MR) is 82.2 cm³/mol. The molecule has 110 valence electrons. The Hall–Kier alpha value is -2.14. The standard InChI is InChI=1S/C16H20N4O/c1-9(2)14-10(3)18-15(19-16(14)20-17)13-8-11-6-4-5-7-12(11)21-13/h4-7,9,13H,8,17H2,1-3H3,(H,18,19,20). The second-order valence-electron chi connectivity index (χ2n) is 5.65. The summed E-state index contributed by atoms with van der Waals surface area (Å²) in [4.78, 5) is 9.20. The molecule has 0 bridgehead atoms. The third-order valence-corrected chi connectivity index (χ3v) is 3.80. The number of nitrogens with two attached hydrogens (primary N) is 1. The molecule has 3 rings (SSSR count). The number of rotatable bonds is 3. The van der Waals surface area contributed by atoms with Crippen LogP contribution in [-0.4, -0.2) is 9.97 Å². The molecule has 1 aromatic heterocycles. The quantitative estimate of drug-likeness (QED) is 0.669. The van der Waals surface area contributed by atoms with E-state index < -0.39 is 0 Å². The van der Waals surface area contributed by atoms with Crippen molar-refractivity contribution < 1.29 is 4.74 Å². The smallest absolute Gasteiger partial charge is 0.172 e. The number of aromatic nitrogens is 2. The maximum Gasteiger partial charge on any atom is 0.172 e. The SMILES string of the molecule is Cc1nc(C2Cc3ccccc3O2)nc(NN)c1C(C)C. The minimum Gasteiger partial charge on any atom is -0.482 e. The summed E-state index contributed by atoms with van der Waals surface area (Å²) < 4.78 is 5.95. The molecule has 1 unspecified atom stereocenters. The number of fused-ring (bicyclic) bond motifs is 1. The van der Waals surface area contributed by atoms with E-state index in [1.54, 1.807) is 0 Å². The van der Waals surface area contributed by atoms with E-state index in [4.69, 9.17) is 10.6 Å². The molecule has 3 N–H and O–H groups in total. The summed E-state index contributed by atoms with van der Waals surface area (Å²) >= 11 is 0. The van der Waals surface area contributed by atoms with E-state index in [9.17, 15) is 0 Å². The zero-order chi connectivity index (χ0) is 15.0. The van der Waals surface area contributed by atoms with Crippen LogP contribution in [0.15, 0.2) is 24.3 Å². The number of nitrogens with zero attached hydrogens (tertiary/aromatic N) is 2. The van der Waals surface area contributed by atoms with Gasteiger partial charge in [-0.1, -0.05) is 32.0 Å². The van der Waals surface area contributed by atoms with Gasteiger partial charge in [-0.15, -0.1) is 0 Å². The van der Waals surface area contributed by atoms with Crippen LogP contribution in [0, 0.1) is 6.92 Å². The summed E-state index contributed by atoms with van der Waals surface area (Å²) in [5, 5.41) is 0. The average Bonchev–Trinajstić information content (AvgIpc) is 2.89. The molecule has 21 heavy (non-hydrogen) atoms. The highest BCUT2D eigenvalue weighted by molar-refractivity contribution is 5.48. The minimum absolute atomic E-state index is 0.144. The Morgan fingerprint density at radius 2 is 2.05 bits per heavy atom. The number of benzene rings is 1. The van der Waals surface area contributed by atoms with Crippen molar-refractivity contribution in [2.45, 2.75) is 39.2 Å². The van der Waals surface area contributed by atoms with Crippen LogP contribution in [-0.2, 0) is 6.42 Å². The molecule has 1 aromatic carbocycles. The Morgan fingerprint density at radius 1 is 1.29 bits per heavy atom. The van der Waals surface area contributed by atoms with Crippen molar-refractivity contribution in [1.29, 1.82) is 0 Å². The number of aryl methyl sites for hydroxylation is 1. The molecule has 0 saturated carbocycles. The fourth-order valence-corrected chi connectivity index (χ4v) is 2.87. The largest absolute Gasteiger partial charge is 0.482 e. The first-order valence-electron chi connectivity index (χ1n) is 7.19. The lowest BCUT2D eigenvalue weighted by molar-refractivity contribution is 0.227. The van der Waals surface area contributed by atoms with Gasteiger partial charge in [-0.2, -0.15) is 0 Å². The van der Waals surface area contributed by atoms with Crippen LogP contribution in [0.1, 0.15) is 48.5 Å². The fraction of sp³-hybridized carbons (Fsp3) is 0.375. The highest BCUT2D eigenvalue weighted by Gasteiger charge is 2.28. The van der Waals surface area contributed by atoms with E-state index in [2.05, 4.69) is 35.3 Å². The van der Waals surface area contributed by atoms with Crippen LogP contribution in [0.3, 0.4) is 0 Å². The van der Waals surface area contributed by atoms with Crippen LogP contribution in [0.25, 0.3) is 0 Å². The van der Waals surface area contributed by atoms with Gasteiger partial charge in [0.05, 0.1) is 0 Å². The Balaban J connectivity index is 1.96. The van der Waals surface area contributed by atoms with Crippen molar-refractivity contribution in [1.82, 2.24) is 9.97 Å². The van der Waals surface area contributed by atoms with Crippen LogP contribution < -0.4 is 16.0 Å². The maximum atomic E-state index is 5.95. The minimum atomic E-state index is -0.144. The van der Waals surface area contributed by atoms with Crippen molar-refractivity contribution in [2.75, 3.05) is 5.43 Å². The maximum absolute atomic E-state index is 5.95. The van der Waals surface area contributed by atoms with Crippen molar-refractivity contribution in [3.05, 3.63) is 46.9 Å². The van der Waals surface area contributed by atoms with Crippen LogP contribution in [0.2, 0.25) is 0 Å². The molecule has 0 aliphatic carbocycles. The molecule has 5 heteroatoms. The van der Waals surface area contributed by atoms with Gasteiger partial charge in [0.1, 0.15) is 11.6 Å². The van der Waals surface area contributed by atoms with E-state index in [0.717, 1.165) is 23.4 Å². The van der Waals surface area contributed by atoms with Gasteiger partial charge in [-0.25, -0.2) is 15.8 Å². The number of ether oxygens (including phenoxy) is 1. The Kier molecular flexibility index (Phi) is 3.51. The topological polar surface area (TPSA) is 73.1 Å². The zero-order valence-corrected chi connectivity index (χ0v) is 12.6. The molecule has 0 spiro atoms. The summed E-state index contributed by atoms with van der Waals surface area (Å²) in [7, 11) is 0. The van der Waals surface area contributed by atoms with E-state index in [1.807, 2.05) is 25.1 Å². The van der Waals surface area contributed by atoms with E-state index >= 15 is 0 Å². The fourth-order valence-electron chi connectivity index (χ4n) is 2.87. The summed E-state index contributed by atoms with van der Waals surface area (Å²) in [6.45, 7) is 6.20. The monoisotopic (exact) mass is 284 g/mol. The van der Waals surface area contributed by atoms with Gasteiger partial charge in [0.25, 0.3) is 0 Å². The molecule has 0 saturated heterocycles. The third-order valence-electron chi connectivity index (χ3n) is 3.80. The van der Waals surface area contributed by atoms with Crippen molar-refractivity contribution >= 4 is 5.82 Å². The first kappa shape index (κ1) is 13.8. The van der Waals surface area contributed by atoms with E-state index in [-0.39, 0.29) is 6.10 Å². The van der Waals surface area contributed by atoms with Gasteiger partial charge < -0.3 is 10.2 Å². The van der Waals surface area contributed by atoms with Gasteiger partial charge >= 0.3 is 0 Å². The summed E-state index contributed by atoms with van der Waals surface area (Å²) in [5.41, 5.74) is 5.89. The molecule has 0 fully saturated rings. The first-order chi connectivity index (χ1) is 10.1. The molecular weight excluding hydrogens is 264 g/mol. The molecule has 1 atom stereocenters. The lowest BCUT2D eigenvalue weighted by atomic mass is 10.0. The van der Waals surface area contributed by atoms with Gasteiger partial charge in [-0.3, -0.25) is 0 Å². The van der Waals surface area contributed by atoms with E-state index in [1.165, 1.54) is 5.56 Å². The number of hydrazine groups is 1. The van der Waals surface area contributed by atoms with Crippen LogP contribution >= 0.6 is 0 Å². The summed E-state index contributed by atoms with van der Waals surface area (Å²) in [5.74, 6) is 8.22. The molecule has 0 amide bonds. The van der Waals surface area contributed by atoms with Crippen LogP contribution in [0.5, 0.6) is 5.75 Å². The average molecular weight is 284 g/mol. The number of anilines is 1. The first-order valence-corrected chi connectivity index (χ1v) is 7.19. The molecule has 2 heterocycles. The number of nitrogens with one attached hydrogen (secondary N) is 1. The van der Waals surface area contributed by atoms with Crippen LogP contribution in [0.4, 0.5) is 5.82 Å². The van der Waals surface area contributed by atoms with Crippen molar-refractivity contribution in [3.63, 3.8) is 0 Å². The summed E-state index contributed by atoms with van der Waals surface area (Å²) in [6.07, 6.45) is 0.648. The second kappa shape index (κ2) is 5.33. The van der Waals surface area contributed by atoms with Gasteiger partial charge in [0, 0.05) is 17.7 Å². The highest BCUT2D eigenvalue weighted by Crippen LogP contribution is 2.36. The number of hydrogen-bond donors (Lipinski definition) is 2. The van der Waals surface area contributed by atoms with Crippen molar-refractivity contribution in [2.24, 2.45) is 5.84 Å². The molecule has 0 radical (unpaired) electrons. The van der Waals surface area contributed by atoms with Gasteiger partial charge in [-0.05, 0) is 24.5 Å². The summed E-state index contributed by atoms with van der Waals surface area (Å²) in [6, 6.07) is 8.05. The number of hydrogen-bond acceptors (Lipinski definition) is 5. The highest BCUT2D eigenvalue weighted by atomic mass is 16.5. The number of para-hydroxylation sites is 1. The lowest BCUT2D eigenvalue weighted by Gasteiger charge is -2.17. The predicted octanol–water partition coefficient (Wildman–Crippen LogP) is 2.87. The normalized spacial score (nSPS) is 16.7. The molecular formula is C16H20N4O. The molecule has 2 aromatic rings. The lowest BCUT2D eigenvalue weighted by Crippen LogP contribution is -2.18.